The van der Waals surface area contributed by atoms with Crippen molar-refractivity contribution in [2.45, 2.75) is 6.92 Å². The maximum absolute atomic E-state index is 12.7. The number of aromatic carboxylic acids is 1. The fraction of sp³-hybridized carbons (Fsp3) is 0.0455. The second-order valence-electron chi connectivity index (χ2n) is 6.69. The number of aromatic hydroxyl groups is 1. The van der Waals surface area contributed by atoms with Gasteiger partial charge in [0.2, 0.25) is 5.91 Å². The third kappa shape index (κ3) is 4.97. The largest absolute Gasteiger partial charge is 0.507 e. The molecule has 0 unspecified atom stereocenters. The highest BCUT2D eigenvalue weighted by Crippen LogP contribution is 2.33. The Labute approximate surface area is 186 Å². The summed E-state index contributed by atoms with van der Waals surface area (Å²) in [7, 11) is 0. The fourth-order valence-electron chi connectivity index (χ4n) is 2.94. The summed E-state index contributed by atoms with van der Waals surface area (Å²) in [5.74, 6) is -3.27. The van der Waals surface area contributed by atoms with Gasteiger partial charge in [-0.15, -0.1) is 0 Å². The van der Waals surface area contributed by atoms with Crippen LogP contribution in [0.3, 0.4) is 0 Å². The number of nitrogens with zero attached hydrogens (tertiary/aromatic N) is 3. The van der Waals surface area contributed by atoms with Crippen LogP contribution in [-0.4, -0.2) is 43.7 Å². The van der Waals surface area contributed by atoms with Crippen molar-refractivity contribution in [3.8, 4) is 23.1 Å². The average molecular weight is 444 g/mol. The lowest BCUT2D eigenvalue weighted by Crippen LogP contribution is -2.24. The summed E-state index contributed by atoms with van der Waals surface area (Å²) < 4.78 is 0. The molecule has 0 radical (unpaired) electrons. The van der Waals surface area contributed by atoms with Crippen molar-refractivity contribution in [1.82, 2.24) is 9.97 Å². The van der Waals surface area contributed by atoms with Crippen molar-refractivity contribution in [3.05, 3.63) is 65.6 Å². The van der Waals surface area contributed by atoms with E-state index in [1.165, 1.54) is 49.8 Å². The normalized spacial score (nSPS) is 10.1. The third-order valence-electron chi connectivity index (χ3n) is 4.41. The van der Waals surface area contributed by atoms with E-state index in [9.17, 15) is 24.6 Å². The number of nitrogens with one attached hydrogen (secondary N) is 3. The molecule has 0 saturated carbocycles. The zero-order valence-corrected chi connectivity index (χ0v) is 17.1. The van der Waals surface area contributed by atoms with Gasteiger partial charge in [0.25, 0.3) is 5.91 Å². The van der Waals surface area contributed by atoms with Crippen LogP contribution in [-0.2, 0) is 9.59 Å². The molecule has 0 saturated heterocycles. The number of phenolic OH excluding ortho intramolecular Hbond substituents is 1. The van der Waals surface area contributed by atoms with Gasteiger partial charge in [0.15, 0.2) is 0 Å². The first-order valence-corrected chi connectivity index (χ1v) is 9.30. The lowest BCUT2D eigenvalue weighted by molar-refractivity contribution is -0.114. The molecular formula is C22H16N6O5. The highest BCUT2D eigenvalue weighted by Gasteiger charge is 2.22. The highest BCUT2D eigenvalue weighted by molar-refractivity contribution is 6.48. The number of phenols is 1. The van der Waals surface area contributed by atoms with E-state index in [-0.39, 0.29) is 28.1 Å². The number of carbonyl (C=O) groups is 3. The first kappa shape index (κ1) is 22.6. The molecule has 0 spiro atoms. The summed E-state index contributed by atoms with van der Waals surface area (Å²) in [6, 6.07) is 7.90. The standard InChI is InChI=1S/C22H16N6O5/c1-11(29)27-17-7-15(19(30)8-13(17)18-10-25-4-5-26-18)20(24)21(31)28-16-3-2-12(9-23)6-14(16)22(32)33/h2-8,10,24,30H,1H3,(H,27,29)(H,28,31)(H,32,33). The Balaban J connectivity index is 1.99. The molecule has 11 nitrogen and oxygen atoms in total. The van der Waals surface area contributed by atoms with Gasteiger partial charge in [0.05, 0.1) is 40.5 Å². The lowest BCUT2D eigenvalue weighted by atomic mass is 10.0. The SMILES string of the molecule is CC(=O)Nc1cc(C(=N)C(=O)Nc2ccc(C#N)cc2C(=O)O)c(O)cc1-c1cnccn1. The summed E-state index contributed by atoms with van der Waals surface area (Å²) in [5, 5.41) is 41.9. The third-order valence-corrected chi connectivity index (χ3v) is 4.41. The van der Waals surface area contributed by atoms with Crippen LogP contribution < -0.4 is 10.6 Å². The van der Waals surface area contributed by atoms with Crippen molar-refractivity contribution < 1.29 is 24.6 Å². The summed E-state index contributed by atoms with van der Waals surface area (Å²) >= 11 is 0. The van der Waals surface area contributed by atoms with E-state index in [4.69, 9.17) is 10.7 Å². The summed E-state index contributed by atoms with van der Waals surface area (Å²) in [4.78, 5) is 43.9. The van der Waals surface area contributed by atoms with Crippen molar-refractivity contribution >= 4 is 34.9 Å². The molecule has 2 aromatic carbocycles. The molecule has 1 aromatic heterocycles. The first-order valence-electron chi connectivity index (χ1n) is 9.30. The summed E-state index contributed by atoms with van der Waals surface area (Å²) in [5.41, 5.74) is -0.461. The number of carbonyl (C=O) groups excluding carboxylic acids is 2. The topological polar surface area (TPSA) is 189 Å². The quantitative estimate of drug-likeness (QED) is 0.283. The molecule has 11 heteroatoms. The Morgan fingerprint density at radius 1 is 1.06 bits per heavy atom. The Hall–Kier alpha value is -5.11. The molecule has 0 aliphatic rings. The van der Waals surface area contributed by atoms with E-state index in [1.54, 1.807) is 6.07 Å². The van der Waals surface area contributed by atoms with Crippen LogP contribution in [0, 0.1) is 16.7 Å². The molecular weight excluding hydrogens is 428 g/mol. The van der Waals surface area contributed by atoms with Gasteiger partial charge in [-0.1, -0.05) is 0 Å². The Morgan fingerprint density at radius 3 is 2.42 bits per heavy atom. The molecule has 3 rings (SSSR count). The zero-order valence-electron chi connectivity index (χ0n) is 17.1. The number of benzene rings is 2. The van der Waals surface area contributed by atoms with E-state index in [0.717, 1.165) is 6.07 Å². The van der Waals surface area contributed by atoms with E-state index < -0.39 is 29.2 Å². The van der Waals surface area contributed by atoms with Crippen LogP contribution >= 0.6 is 0 Å². The Morgan fingerprint density at radius 2 is 1.82 bits per heavy atom. The van der Waals surface area contributed by atoms with Gasteiger partial charge in [-0.3, -0.25) is 25.0 Å². The Kier molecular flexibility index (Phi) is 6.40. The zero-order chi connectivity index (χ0) is 24.1. The van der Waals surface area contributed by atoms with E-state index >= 15 is 0 Å². The molecule has 33 heavy (non-hydrogen) atoms. The maximum atomic E-state index is 12.7. The molecule has 0 bridgehead atoms. The van der Waals surface area contributed by atoms with Gasteiger partial charge < -0.3 is 20.8 Å². The van der Waals surface area contributed by atoms with Gasteiger partial charge in [0.1, 0.15) is 11.5 Å². The van der Waals surface area contributed by atoms with Crippen LogP contribution in [0.4, 0.5) is 11.4 Å². The predicted molar refractivity (Wildman–Crippen MR) is 117 cm³/mol. The van der Waals surface area contributed by atoms with E-state index in [2.05, 4.69) is 20.6 Å². The minimum Gasteiger partial charge on any atom is -0.507 e. The van der Waals surface area contributed by atoms with Crippen LogP contribution in [0.25, 0.3) is 11.3 Å². The summed E-state index contributed by atoms with van der Waals surface area (Å²) in [6.45, 7) is 1.27. The molecule has 3 aromatic rings. The molecule has 0 atom stereocenters. The monoisotopic (exact) mass is 444 g/mol. The first-order chi connectivity index (χ1) is 15.7. The van der Waals surface area contributed by atoms with Crippen LogP contribution in [0.5, 0.6) is 5.75 Å². The number of hydrogen-bond acceptors (Lipinski definition) is 8. The van der Waals surface area contributed by atoms with Gasteiger partial charge in [-0.2, -0.15) is 5.26 Å². The van der Waals surface area contributed by atoms with Crippen LogP contribution in [0.2, 0.25) is 0 Å². The predicted octanol–water partition coefficient (Wildman–Crippen LogP) is 2.38. The van der Waals surface area contributed by atoms with Gasteiger partial charge >= 0.3 is 5.97 Å². The van der Waals surface area contributed by atoms with Crippen molar-refractivity contribution in [3.63, 3.8) is 0 Å². The molecule has 0 aliphatic carbocycles. The number of aromatic nitrogens is 2. The molecule has 2 amide bonds. The number of amides is 2. The average Bonchev–Trinajstić information content (AvgIpc) is 2.79. The smallest absolute Gasteiger partial charge is 0.337 e. The van der Waals surface area contributed by atoms with E-state index in [1.807, 2.05) is 0 Å². The van der Waals surface area contributed by atoms with Gasteiger partial charge in [-0.05, 0) is 30.3 Å². The number of carboxylic acid groups (broad SMARTS) is 1. The minimum absolute atomic E-state index is 0.0812. The van der Waals surface area contributed by atoms with Crippen LogP contribution in [0.1, 0.15) is 28.4 Å². The second-order valence-corrected chi connectivity index (χ2v) is 6.69. The van der Waals surface area contributed by atoms with Gasteiger partial charge in [-0.25, -0.2) is 4.79 Å². The maximum Gasteiger partial charge on any atom is 0.337 e. The number of rotatable bonds is 6. The van der Waals surface area contributed by atoms with Crippen molar-refractivity contribution in [2.75, 3.05) is 10.6 Å². The number of carboxylic acids is 1. The van der Waals surface area contributed by atoms with Crippen molar-refractivity contribution in [2.24, 2.45) is 0 Å². The summed E-state index contributed by atoms with van der Waals surface area (Å²) in [6.07, 6.45) is 4.28. The minimum atomic E-state index is -1.38. The molecule has 0 aliphatic heterocycles. The second kappa shape index (κ2) is 9.36. The Bertz CT molecular complexity index is 1330. The van der Waals surface area contributed by atoms with E-state index in [0.29, 0.717) is 11.3 Å². The fourth-order valence-corrected chi connectivity index (χ4v) is 2.94. The van der Waals surface area contributed by atoms with Gasteiger partial charge in [0, 0.05) is 30.4 Å². The lowest BCUT2D eigenvalue weighted by Gasteiger charge is -2.15. The van der Waals surface area contributed by atoms with Crippen molar-refractivity contribution in [1.29, 1.82) is 10.7 Å². The van der Waals surface area contributed by atoms with Crippen LogP contribution in [0.15, 0.2) is 48.9 Å². The number of nitriles is 1. The molecule has 0 fully saturated rings. The number of hydrogen-bond donors (Lipinski definition) is 5. The highest BCUT2D eigenvalue weighted by atomic mass is 16.4. The molecule has 5 N–H and O–H groups in total. The molecule has 164 valence electrons. The number of anilines is 2. The molecule has 1 heterocycles.